The number of hydrogen-bond acceptors (Lipinski definition) is 4. The molecule has 2 saturated heterocycles. The van der Waals surface area contributed by atoms with Gasteiger partial charge in [-0.2, -0.15) is 0 Å². The maximum Gasteiger partial charge on any atom is 0.262 e. The number of carbonyl (C=O) groups excluding carboxylic acids is 1. The second-order valence-electron chi connectivity index (χ2n) is 6.89. The minimum Gasteiger partial charge on any atom is -0.353 e. The normalized spacial score (nSPS) is 24.3. The standard InChI is InChI=1S/C18H26F2N4O/c19-18(20)12-16(22-14-18)17(25)21-6-7-23-8-10-24(11-9-23)13-15-4-2-1-3-5-15/h1-5,16,22H,6-14H2,(H,21,25). The molecule has 1 atom stereocenters. The van der Waals surface area contributed by atoms with E-state index in [4.69, 9.17) is 0 Å². The van der Waals surface area contributed by atoms with Crippen LogP contribution in [0.25, 0.3) is 0 Å². The van der Waals surface area contributed by atoms with Gasteiger partial charge in [0.15, 0.2) is 0 Å². The molecule has 5 nitrogen and oxygen atoms in total. The summed E-state index contributed by atoms with van der Waals surface area (Å²) < 4.78 is 26.2. The number of amides is 1. The van der Waals surface area contributed by atoms with E-state index < -0.39 is 24.9 Å². The van der Waals surface area contributed by atoms with Crippen molar-refractivity contribution in [1.82, 2.24) is 20.4 Å². The Morgan fingerprint density at radius 3 is 2.48 bits per heavy atom. The summed E-state index contributed by atoms with van der Waals surface area (Å²) in [6, 6.07) is 9.66. The highest BCUT2D eigenvalue weighted by Gasteiger charge is 2.42. The van der Waals surface area contributed by atoms with Crippen molar-refractivity contribution in [2.45, 2.75) is 24.9 Å². The third-order valence-electron chi connectivity index (χ3n) is 4.87. The van der Waals surface area contributed by atoms with Gasteiger partial charge >= 0.3 is 0 Å². The summed E-state index contributed by atoms with van der Waals surface area (Å²) in [5.41, 5.74) is 1.32. The third-order valence-corrected chi connectivity index (χ3v) is 4.87. The SMILES string of the molecule is O=C(NCCN1CCN(Cc2ccccc2)CC1)C1CC(F)(F)CN1. The van der Waals surface area contributed by atoms with Crippen LogP contribution in [0, 0.1) is 0 Å². The highest BCUT2D eigenvalue weighted by Crippen LogP contribution is 2.24. The molecule has 25 heavy (non-hydrogen) atoms. The van der Waals surface area contributed by atoms with Crippen LogP contribution in [0.3, 0.4) is 0 Å². The Morgan fingerprint density at radius 2 is 1.84 bits per heavy atom. The van der Waals surface area contributed by atoms with Crippen molar-refractivity contribution in [3.05, 3.63) is 35.9 Å². The van der Waals surface area contributed by atoms with E-state index in [2.05, 4.69) is 44.7 Å². The third kappa shape index (κ3) is 5.45. The molecular formula is C18H26F2N4O. The molecule has 1 aromatic carbocycles. The molecule has 1 unspecified atom stereocenters. The number of halogens is 2. The number of hydrogen-bond donors (Lipinski definition) is 2. The highest BCUT2D eigenvalue weighted by atomic mass is 19.3. The van der Waals surface area contributed by atoms with Crippen LogP contribution < -0.4 is 10.6 Å². The summed E-state index contributed by atoms with van der Waals surface area (Å²) in [6.07, 6.45) is -0.406. The van der Waals surface area contributed by atoms with Gasteiger partial charge in [0, 0.05) is 52.2 Å². The van der Waals surface area contributed by atoms with Crippen molar-refractivity contribution in [2.24, 2.45) is 0 Å². The van der Waals surface area contributed by atoms with Crippen LogP contribution in [-0.4, -0.2) is 73.5 Å². The average molecular weight is 352 g/mol. The summed E-state index contributed by atoms with van der Waals surface area (Å²) in [5, 5.41) is 5.35. The maximum absolute atomic E-state index is 13.1. The Balaban J connectivity index is 1.31. The molecule has 0 aliphatic carbocycles. The Bertz CT molecular complexity index is 561. The number of piperazine rings is 1. The lowest BCUT2D eigenvalue weighted by Crippen LogP contribution is -2.49. The van der Waals surface area contributed by atoms with Gasteiger partial charge in [-0.3, -0.25) is 19.9 Å². The van der Waals surface area contributed by atoms with Crippen molar-refractivity contribution in [3.8, 4) is 0 Å². The van der Waals surface area contributed by atoms with Gasteiger partial charge in [-0.05, 0) is 5.56 Å². The molecule has 2 aliphatic rings. The second-order valence-corrected chi connectivity index (χ2v) is 6.89. The van der Waals surface area contributed by atoms with Gasteiger partial charge in [0.1, 0.15) is 0 Å². The number of rotatable bonds is 6. The zero-order valence-corrected chi connectivity index (χ0v) is 14.4. The summed E-state index contributed by atoms with van der Waals surface area (Å²) in [6.45, 7) is 5.74. The molecule has 1 aromatic rings. The van der Waals surface area contributed by atoms with E-state index in [1.54, 1.807) is 0 Å². The number of alkyl halides is 2. The predicted octanol–water partition coefficient (Wildman–Crippen LogP) is 0.918. The van der Waals surface area contributed by atoms with Crippen LogP contribution in [0.5, 0.6) is 0 Å². The number of nitrogens with zero attached hydrogens (tertiary/aromatic N) is 2. The van der Waals surface area contributed by atoms with Gasteiger partial charge in [0.2, 0.25) is 5.91 Å². The van der Waals surface area contributed by atoms with E-state index in [1.807, 2.05) is 6.07 Å². The molecule has 2 N–H and O–H groups in total. The molecule has 0 spiro atoms. The largest absolute Gasteiger partial charge is 0.353 e. The second kappa shape index (κ2) is 8.21. The molecule has 1 amide bonds. The molecule has 2 fully saturated rings. The highest BCUT2D eigenvalue weighted by molar-refractivity contribution is 5.82. The van der Waals surface area contributed by atoms with Crippen molar-refractivity contribution in [2.75, 3.05) is 45.8 Å². The molecule has 0 bridgehead atoms. The molecule has 0 saturated carbocycles. The number of nitrogens with one attached hydrogen (secondary N) is 2. The minimum absolute atomic E-state index is 0.320. The van der Waals surface area contributed by atoms with Gasteiger partial charge in [-0.25, -0.2) is 8.78 Å². The van der Waals surface area contributed by atoms with Crippen LogP contribution in [0.2, 0.25) is 0 Å². The van der Waals surface area contributed by atoms with E-state index >= 15 is 0 Å². The maximum atomic E-state index is 13.1. The molecule has 3 rings (SSSR count). The zero-order chi connectivity index (χ0) is 17.7. The van der Waals surface area contributed by atoms with Gasteiger partial charge < -0.3 is 5.32 Å². The van der Waals surface area contributed by atoms with Crippen LogP contribution in [-0.2, 0) is 11.3 Å². The molecule has 0 radical (unpaired) electrons. The van der Waals surface area contributed by atoms with Crippen LogP contribution in [0.15, 0.2) is 30.3 Å². The Kier molecular flexibility index (Phi) is 5.98. The van der Waals surface area contributed by atoms with Gasteiger partial charge in [-0.1, -0.05) is 30.3 Å². The van der Waals surface area contributed by atoms with Crippen molar-refractivity contribution in [1.29, 1.82) is 0 Å². The molecule has 0 aromatic heterocycles. The molecule has 2 aliphatic heterocycles. The smallest absolute Gasteiger partial charge is 0.262 e. The van der Waals surface area contributed by atoms with Gasteiger partial charge in [-0.15, -0.1) is 0 Å². The van der Waals surface area contributed by atoms with E-state index in [9.17, 15) is 13.6 Å². The Hall–Kier alpha value is -1.57. The molecule has 2 heterocycles. The van der Waals surface area contributed by atoms with Crippen molar-refractivity contribution < 1.29 is 13.6 Å². The number of benzene rings is 1. The number of carbonyl (C=O) groups is 1. The lowest BCUT2D eigenvalue weighted by atomic mass is 10.2. The van der Waals surface area contributed by atoms with Crippen LogP contribution >= 0.6 is 0 Å². The Morgan fingerprint density at radius 1 is 1.16 bits per heavy atom. The quantitative estimate of drug-likeness (QED) is 0.799. The van der Waals surface area contributed by atoms with E-state index in [-0.39, 0.29) is 5.91 Å². The van der Waals surface area contributed by atoms with Gasteiger partial charge in [0.25, 0.3) is 5.92 Å². The first kappa shape index (κ1) is 18.2. The summed E-state index contributed by atoms with van der Waals surface area (Å²) in [4.78, 5) is 16.6. The Labute approximate surface area is 147 Å². The lowest BCUT2D eigenvalue weighted by molar-refractivity contribution is -0.123. The van der Waals surface area contributed by atoms with Gasteiger partial charge in [0.05, 0.1) is 12.6 Å². The fourth-order valence-electron chi connectivity index (χ4n) is 3.37. The molecule has 138 valence electrons. The van der Waals surface area contributed by atoms with E-state index in [0.717, 1.165) is 39.3 Å². The minimum atomic E-state index is -2.77. The van der Waals surface area contributed by atoms with Crippen LogP contribution in [0.4, 0.5) is 8.78 Å². The first-order valence-electron chi connectivity index (χ1n) is 8.89. The summed E-state index contributed by atoms with van der Waals surface area (Å²) >= 11 is 0. The summed E-state index contributed by atoms with van der Waals surface area (Å²) in [5.74, 6) is -3.09. The fraction of sp³-hybridized carbons (Fsp3) is 0.611. The van der Waals surface area contributed by atoms with E-state index in [0.29, 0.717) is 6.54 Å². The zero-order valence-electron chi connectivity index (χ0n) is 14.4. The van der Waals surface area contributed by atoms with Crippen LogP contribution in [0.1, 0.15) is 12.0 Å². The topological polar surface area (TPSA) is 47.6 Å². The first-order chi connectivity index (χ1) is 12.0. The molecular weight excluding hydrogens is 326 g/mol. The monoisotopic (exact) mass is 352 g/mol. The van der Waals surface area contributed by atoms with E-state index in [1.165, 1.54) is 5.56 Å². The lowest BCUT2D eigenvalue weighted by Gasteiger charge is -2.34. The summed E-state index contributed by atoms with van der Waals surface area (Å²) in [7, 11) is 0. The van der Waals surface area contributed by atoms with Crippen molar-refractivity contribution >= 4 is 5.91 Å². The fourth-order valence-corrected chi connectivity index (χ4v) is 3.37. The first-order valence-corrected chi connectivity index (χ1v) is 8.89. The van der Waals surface area contributed by atoms with Crippen molar-refractivity contribution in [3.63, 3.8) is 0 Å². The predicted molar refractivity (Wildman–Crippen MR) is 92.5 cm³/mol. The molecule has 7 heteroatoms. The average Bonchev–Trinajstić information content (AvgIpc) is 2.97.